The van der Waals surface area contributed by atoms with Crippen molar-refractivity contribution in [2.45, 2.75) is 18.1 Å². The van der Waals surface area contributed by atoms with E-state index in [1.807, 2.05) is 30.3 Å². The van der Waals surface area contributed by atoms with Gasteiger partial charge in [0.1, 0.15) is 0 Å². The molecule has 1 aromatic rings. The highest BCUT2D eigenvalue weighted by atomic mass is 32.1. The number of benzene rings is 1. The van der Waals surface area contributed by atoms with Crippen molar-refractivity contribution in [3.8, 4) is 0 Å². The van der Waals surface area contributed by atoms with Gasteiger partial charge in [0.2, 0.25) is 11.8 Å². The minimum Gasteiger partial charge on any atom is -0.369 e. The summed E-state index contributed by atoms with van der Waals surface area (Å²) in [7, 11) is 0. The first kappa shape index (κ1) is 13.9. The number of carbonyl (C=O) groups is 2. The van der Waals surface area contributed by atoms with E-state index in [0.717, 1.165) is 5.56 Å². The first-order valence-corrected chi connectivity index (χ1v) is 6.89. The van der Waals surface area contributed by atoms with Crippen LogP contribution in [-0.4, -0.2) is 35.1 Å². The zero-order chi connectivity index (χ0) is 13.8. The van der Waals surface area contributed by atoms with Gasteiger partial charge in [0.25, 0.3) is 0 Å². The SMILES string of the molecule is NC(=O)C1CCN(C(=O)C(S)Cc2ccccc2)C1. The summed E-state index contributed by atoms with van der Waals surface area (Å²) in [5.41, 5.74) is 6.35. The molecule has 0 aromatic heterocycles. The van der Waals surface area contributed by atoms with Crippen molar-refractivity contribution < 1.29 is 9.59 Å². The smallest absolute Gasteiger partial charge is 0.235 e. The third kappa shape index (κ3) is 3.50. The van der Waals surface area contributed by atoms with Crippen molar-refractivity contribution in [3.05, 3.63) is 35.9 Å². The largest absolute Gasteiger partial charge is 0.369 e. The molecule has 0 bridgehead atoms. The number of rotatable bonds is 4. The molecule has 0 aliphatic carbocycles. The van der Waals surface area contributed by atoms with Gasteiger partial charge in [0.05, 0.1) is 11.2 Å². The van der Waals surface area contributed by atoms with E-state index < -0.39 is 0 Å². The van der Waals surface area contributed by atoms with E-state index in [9.17, 15) is 9.59 Å². The van der Waals surface area contributed by atoms with Crippen LogP contribution in [0, 0.1) is 5.92 Å². The first-order valence-electron chi connectivity index (χ1n) is 6.38. The first-order chi connectivity index (χ1) is 9.08. The number of thiol groups is 1. The van der Waals surface area contributed by atoms with Crippen molar-refractivity contribution in [3.63, 3.8) is 0 Å². The van der Waals surface area contributed by atoms with E-state index in [0.29, 0.717) is 25.9 Å². The predicted molar refractivity (Wildman–Crippen MR) is 76.8 cm³/mol. The Morgan fingerprint density at radius 2 is 2.05 bits per heavy atom. The van der Waals surface area contributed by atoms with Crippen molar-refractivity contribution >= 4 is 24.4 Å². The molecule has 0 saturated carbocycles. The van der Waals surface area contributed by atoms with Gasteiger partial charge < -0.3 is 10.6 Å². The normalized spacial score (nSPS) is 20.3. The Morgan fingerprint density at radius 1 is 1.37 bits per heavy atom. The van der Waals surface area contributed by atoms with Crippen molar-refractivity contribution in [1.29, 1.82) is 0 Å². The van der Waals surface area contributed by atoms with Crippen LogP contribution in [-0.2, 0) is 16.0 Å². The van der Waals surface area contributed by atoms with Crippen molar-refractivity contribution in [1.82, 2.24) is 4.90 Å². The molecule has 4 nitrogen and oxygen atoms in total. The van der Waals surface area contributed by atoms with Gasteiger partial charge in [-0.1, -0.05) is 30.3 Å². The van der Waals surface area contributed by atoms with Crippen LogP contribution in [0.1, 0.15) is 12.0 Å². The van der Waals surface area contributed by atoms with Gasteiger partial charge in [-0.2, -0.15) is 12.6 Å². The number of nitrogens with zero attached hydrogens (tertiary/aromatic N) is 1. The summed E-state index contributed by atoms with van der Waals surface area (Å²) >= 11 is 4.39. The lowest BCUT2D eigenvalue weighted by atomic mass is 10.1. The number of nitrogens with two attached hydrogens (primary N) is 1. The molecule has 0 spiro atoms. The van der Waals surface area contributed by atoms with Crippen molar-refractivity contribution in [2.24, 2.45) is 11.7 Å². The van der Waals surface area contributed by atoms with Gasteiger partial charge in [0, 0.05) is 13.1 Å². The molecule has 2 atom stereocenters. The third-order valence-corrected chi connectivity index (χ3v) is 3.86. The molecule has 1 heterocycles. The highest BCUT2D eigenvalue weighted by Gasteiger charge is 2.31. The van der Waals surface area contributed by atoms with E-state index in [4.69, 9.17) is 5.73 Å². The summed E-state index contributed by atoms with van der Waals surface area (Å²) in [5, 5.41) is -0.367. The average molecular weight is 278 g/mol. The van der Waals surface area contributed by atoms with E-state index in [1.165, 1.54) is 0 Å². The summed E-state index contributed by atoms with van der Waals surface area (Å²) in [5.74, 6) is -0.550. The zero-order valence-electron chi connectivity index (χ0n) is 10.7. The van der Waals surface area contributed by atoms with Gasteiger partial charge in [-0.3, -0.25) is 9.59 Å². The lowest BCUT2D eigenvalue weighted by molar-refractivity contribution is -0.129. The molecule has 2 rings (SSSR count). The van der Waals surface area contributed by atoms with E-state index in [1.54, 1.807) is 4.90 Å². The summed E-state index contributed by atoms with van der Waals surface area (Å²) in [6.45, 7) is 1.03. The second-order valence-corrected chi connectivity index (χ2v) is 5.50. The maximum Gasteiger partial charge on any atom is 0.235 e. The zero-order valence-corrected chi connectivity index (χ0v) is 11.6. The second kappa shape index (κ2) is 6.10. The van der Waals surface area contributed by atoms with Gasteiger partial charge in [-0.05, 0) is 18.4 Å². The Kier molecular flexibility index (Phi) is 4.47. The summed E-state index contributed by atoms with van der Waals surface area (Å²) in [6.07, 6.45) is 1.26. The number of hydrogen-bond acceptors (Lipinski definition) is 3. The van der Waals surface area contributed by atoms with Crippen LogP contribution in [0.15, 0.2) is 30.3 Å². The van der Waals surface area contributed by atoms with Crippen LogP contribution in [0.3, 0.4) is 0 Å². The minimum atomic E-state index is -0.367. The number of primary amides is 1. The van der Waals surface area contributed by atoms with Gasteiger partial charge >= 0.3 is 0 Å². The molecule has 2 amide bonds. The van der Waals surface area contributed by atoms with Crippen LogP contribution in [0.5, 0.6) is 0 Å². The Labute approximate surface area is 118 Å². The average Bonchev–Trinajstić information content (AvgIpc) is 2.88. The van der Waals surface area contributed by atoms with Gasteiger partial charge in [-0.25, -0.2) is 0 Å². The molecule has 1 aromatic carbocycles. The standard InChI is InChI=1S/C14H18N2O2S/c15-13(17)11-6-7-16(9-11)14(18)12(19)8-10-4-2-1-3-5-10/h1-5,11-12,19H,6-9H2,(H2,15,17). The lowest BCUT2D eigenvalue weighted by Crippen LogP contribution is -2.37. The fourth-order valence-electron chi connectivity index (χ4n) is 2.33. The maximum absolute atomic E-state index is 12.2. The highest BCUT2D eigenvalue weighted by molar-refractivity contribution is 7.81. The lowest BCUT2D eigenvalue weighted by Gasteiger charge is -2.20. The van der Waals surface area contributed by atoms with Gasteiger partial charge in [0.15, 0.2) is 0 Å². The Bertz CT molecular complexity index is 464. The molecular weight excluding hydrogens is 260 g/mol. The van der Waals surface area contributed by atoms with E-state index >= 15 is 0 Å². The fraction of sp³-hybridized carbons (Fsp3) is 0.429. The van der Waals surface area contributed by atoms with Crippen LogP contribution in [0.4, 0.5) is 0 Å². The Morgan fingerprint density at radius 3 is 2.63 bits per heavy atom. The maximum atomic E-state index is 12.2. The van der Waals surface area contributed by atoms with E-state index in [-0.39, 0.29) is 23.0 Å². The summed E-state index contributed by atoms with van der Waals surface area (Å²) in [4.78, 5) is 25.0. The molecule has 1 fully saturated rings. The monoisotopic (exact) mass is 278 g/mol. The molecule has 5 heteroatoms. The molecule has 102 valence electrons. The van der Waals surface area contributed by atoms with Crippen LogP contribution in [0.25, 0.3) is 0 Å². The van der Waals surface area contributed by atoms with E-state index in [2.05, 4.69) is 12.6 Å². The predicted octanol–water partition coefficient (Wildman–Crippen LogP) is 0.861. The molecule has 1 aliphatic heterocycles. The molecule has 2 unspecified atom stereocenters. The number of likely N-dealkylation sites (tertiary alicyclic amines) is 1. The highest BCUT2D eigenvalue weighted by Crippen LogP contribution is 2.19. The number of amides is 2. The molecule has 1 aliphatic rings. The summed E-state index contributed by atoms with van der Waals surface area (Å²) < 4.78 is 0. The van der Waals surface area contributed by atoms with Gasteiger partial charge in [-0.15, -0.1) is 0 Å². The molecule has 2 N–H and O–H groups in total. The Balaban J connectivity index is 1.91. The molecule has 1 saturated heterocycles. The van der Waals surface area contributed by atoms with Crippen LogP contribution in [0.2, 0.25) is 0 Å². The fourth-order valence-corrected chi connectivity index (χ4v) is 2.70. The Hall–Kier alpha value is -1.49. The van der Waals surface area contributed by atoms with Crippen LogP contribution < -0.4 is 5.73 Å². The topological polar surface area (TPSA) is 63.4 Å². The number of carbonyl (C=O) groups excluding carboxylic acids is 2. The number of hydrogen-bond donors (Lipinski definition) is 2. The van der Waals surface area contributed by atoms with Crippen LogP contribution >= 0.6 is 12.6 Å². The van der Waals surface area contributed by atoms with Crippen molar-refractivity contribution in [2.75, 3.05) is 13.1 Å². The molecule has 0 radical (unpaired) electrons. The third-order valence-electron chi connectivity index (χ3n) is 3.46. The quantitative estimate of drug-likeness (QED) is 0.802. The minimum absolute atomic E-state index is 0.0177. The summed E-state index contributed by atoms with van der Waals surface area (Å²) in [6, 6.07) is 9.79. The molecular formula is C14H18N2O2S. The molecule has 19 heavy (non-hydrogen) atoms. The second-order valence-electron chi connectivity index (χ2n) is 4.88.